The molecule has 20 heavy (non-hydrogen) atoms. The number of pyridine rings is 1. The van der Waals surface area contributed by atoms with E-state index in [1.54, 1.807) is 12.4 Å². The van der Waals surface area contributed by atoms with Crippen LogP contribution in [0.4, 0.5) is 0 Å². The topological polar surface area (TPSA) is 61.8 Å². The molecule has 0 atom stereocenters. The first-order valence-corrected chi connectivity index (χ1v) is 6.34. The lowest BCUT2D eigenvalue weighted by atomic mass is 10.1. The van der Waals surface area contributed by atoms with Crippen molar-refractivity contribution in [3.8, 4) is 17.0 Å². The van der Waals surface area contributed by atoms with Crippen LogP contribution in [0.25, 0.3) is 33.2 Å². The van der Waals surface area contributed by atoms with Crippen LogP contribution in [0.1, 0.15) is 0 Å². The minimum atomic E-state index is 0.212. The molecule has 0 aliphatic heterocycles. The summed E-state index contributed by atoms with van der Waals surface area (Å²) < 4.78 is 0. The molecule has 96 valence electrons. The number of imidazole rings is 1. The predicted molar refractivity (Wildman–Crippen MR) is 78.5 cm³/mol. The number of nitrogens with one attached hydrogen (secondary N) is 1. The monoisotopic (exact) mass is 261 g/mol. The molecule has 0 spiro atoms. The van der Waals surface area contributed by atoms with Gasteiger partial charge in [-0.25, -0.2) is 9.97 Å². The van der Waals surface area contributed by atoms with Crippen LogP contribution in [0, 0.1) is 0 Å². The van der Waals surface area contributed by atoms with Crippen molar-refractivity contribution in [2.75, 3.05) is 0 Å². The van der Waals surface area contributed by atoms with Gasteiger partial charge >= 0.3 is 0 Å². The highest BCUT2D eigenvalue weighted by atomic mass is 16.3. The Balaban J connectivity index is 2.06. The van der Waals surface area contributed by atoms with Crippen molar-refractivity contribution in [1.29, 1.82) is 0 Å². The molecular formula is C16H11N3O. The van der Waals surface area contributed by atoms with Gasteiger partial charge in [-0.3, -0.25) is 0 Å². The van der Waals surface area contributed by atoms with E-state index in [0.717, 1.165) is 27.8 Å². The van der Waals surface area contributed by atoms with Gasteiger partial charge in [-0.2, -0.15) is 0 Å². The number of aromatic hydroxyl groups is 1. The molecule has 4 heteroatoms. The van der Waals surface area contributed by atoms with Crippen molar-refractivity contribution in [3.63, 3.8) is 0 Å². The number of benzene rings is 2. The molecule has 0 unspecified atom stereocenters. The molecule has 0 bridgehead atoms. The summed E-state index contributed by atoms with van der Waals surface area (Å²) in [6, 6.07) is 15.3. The van der Waals surface area contributed by atoms with Gasteiger partial charge in [0.2, 0.25) is 0 Å². The zero-order valence-corrected chi connectivity index (χ0v) is 10.5. The van der Waals surface area contributed by atoms with Gasteiger partial charge < -0.3 is 10.1 Å². The highest BCUT2D eigenvalue weighted by molar-refractivity contribution is 6.06. The summed E-state index contributed by atoms with van der Waals surface area (Å²) in [6.07, 6.45) is 1.62. The van der Waals surface area contributed by atoms with Crippen LogP contribution in [0.3, 0.4) is 0 Å². The van der Waals surface area contributed by atoms with E-state index in [4.69, 9.17) is 0 Å². The van der Waals surface area contributed by atoms with Crippen LogP contribution in [0.5, 0.6) is 5.75 Å². The van der Waals surface area contributed by atoms with E-state index in [1.807, 2.05) is 42.5 Å². The molecule has 0 amide bonds. The second-order valence-corrected chi connectivity index (χ2v) is 4.65. The van der Waals surface area contributed by atoms with Crippen molar-refractivity contribution >= 4 is 21.9 Å². The fourth-order valence-corrected chi connectivity index (χ4v) is 2.47. The number of aromatic amines is 1. The average Bonchev–Trinajstić information content (AvgIpc) is 2.96. The molecule has 2 N–H and O–H groups in total. The maximum atomic E-state index is 10.3. The van der Waals surface area contributed by atoms with E-state index < -0.39 is 0 Å². The largest absolute Gasteiger partial charge is 0.507 e. The first-order valence-electron chi connectivity index (χ1n) is 6.34. The highest BCUT2D eigenvalue weighted by Gasteiger charge is 2.11. The number of aromatic nitrogens is 3. The van der Waals surface area contributed by atoms with E-state index in [2.05, 4.69) is 15.0 Å². The number of hydrogen-bond donors (Lipinski definition) is 2. The highest BCUT2D eigenvalue weighted by Crippen LogP contribution is 2.32. The summed E-state index contributed by atoms with van der Waals surface area (Å²) in [5, 5.41) is 11.1. The fraction of sp³-hybridized carbons (Fsp3) is 0. The van der Waals surface area contributed by atoms with E-state index in [0.29, 0.717) is 5.39 Å². The van der Waals surface area contributed by atoms with Crippen LogP contribution >= 0.6 is 0 Å². The second-order valence-electron chi connectivity index (χ2n) is 4.65. The molecule has 4 rings (SSSR count). The molecule has 4 nitrogen and oxygen atoms in total. The average molecular weight is 261 g/mol. The van der Waals surface area contributed by atoms with Crippen molar-refractivity contribution in [1.82, 2.24) is 15.0 Å². The standard InChI is InChI=1S/C16H11N3O/c20-14-8-13(10-4-2-1-3-5-10)19-11-6-7-12-16(15(11)14)18-9-17-12/h1-9H,(H,17,18)(H,19,20). The summed E-state index contributed by atoms with van der Waals surface area (Å²) in [6.45, 7) is 0. The molecule has 0 aliphatic rings. The molecule has 2 aromatic carbocycles. The minimum Gasteiger partial charge on any atom is -0.507 e. The Kier molecular flexibility index (Phi) is 2.23. The summed E-state index contributed by atoms with van der Waals surface area (Å²) in [7, 11) is 0. The normalized spacial score (nSPS) is 11.2. The SMILES string of the molecule is Oc1cc(-c2ccccc2)nc2ccc3nc[nH]c3c12. The summed E-state index contributed by atoms with van der Waals surface area (Å²) in [4.78, 5) is 11.9. The summed E-state index contributed by atoms with van der Waals surface area (Å²) in [5.74, 6) is 0.212. The van der Waals surface area contributed by atoms with Gasteiger partial charge in [0.05, 0.1) is 34.0 Å². The van der Waals surface area contributed by atoms with Crippen molar-refractivity contribution in [2.45, 2.75) is 0 Å². The second kappa shape index (κ2) is 4.06. The van der Waals surface area contributed by atoms with Crippen molar-refractivity contribution in [3.05, 3.63) is 54.9 Å². The van der Waals surface area contributed by atoms with Gasteiger partial charge in [0.25, 0.3) is 0 Å². The first-order chi connectivity index (χ1) is 9.83. The third-order valence-electron chi connectivity index (χ3n) is 3.41. The third-order valence-corrected chi connectivity index (χ3v) is 3.41. The predicted octanol–water partition coefficient (Wildman–Crippen LogP) is 3.48. The Labute approximate surface area is 114 Å². The summed E-state index contributed by atoms with van der Waals surface area (Å²) >= 11 is 0. The van der Waals surface area contributed by atoms with E-state index in [1.165, 1.54) is 0 Å². The van der Waals surface area contributed by atoms with E-state index >= 15 is 0 Å². The quantitative estimate of drug-likeness (QED) is 0.551. The molecule has 0 radical (unpaired) electrons. The number of fused-ring (bicyclic) bond motifs is 3. The van der Waals surface area contributed by atoms with Crippen LogP contribution in [-0.4, -0.2) is 20.1 Å². The molecule has 0 fully saturated rings. The lowest BCUT2D eigenvalue weighted by Gasteiger charge is -2.06. The minimum absolute atomic E-state index is 0.212. The lowest BCUT2D eigenvalue weighted by Crippen LogP contribution is -1.87. The molecular weight excluding hydrogens is 250 g/mol. The molecule has 4 aromatic rings. The Bertz CT molecular complexity index is 913. The zero-order chi connectivity index (χ0) is 13.5. The third kappa shape index (κ3) is 1.55. The Morgan fingerprint density at radius 2 is 1.75 bits per heavy atom. The van der Waals surface area contributed by atoms with E-state index in [-0.39, 0.29) is 5.75 Å². The Morgan fingerprint density at radius 1 is 0.950 bits per heavy atom. The van der Waals surface area contributed by atoms with Gasteiger partial charge in [0, 0.05) is 11.6 Å². The maximum absolute atomic E-state index is 10.3. The molecule has 0 aliphatic carbocycles. The lowest BCUT2D eigenvalue weighted by molar-refractivity contribution is 0.482. The fourth-order valence-electron chi connectivity index (χ4n) is 2.47. The number of nitrogens with zero attached hydrogens (tertiary/aromatic N) is 2. The van der Waals surface area contributed by atoms with Crippen LogP contribution in [0.2, 0.25) is 0 Å². The van der Waals surface area contributed by atoms with Crippen LogP contribution in [0.15, 0.2) is 54.9 Å². The molecule has 0 saturated carbocycles. The van der Waals surface area contributed by atoms with Gasteiger partial charge in [0.15, 0.2) is 0 Å². The molecule has 2 aromatic heterocycles. The smallest absolute Gasteiger partial charge is 0.129 e. The maximum Gasteiger partial charge on any atom is 0.129 e. The van der Waals surface area contributed by atoms with Gasteiger partial charge in [-0.15, -0.1) is 0 Å². The molecule has 0 saturated heterocycles. The van der Waals surface area contributed by atoms with Gasteiger partial charge in [-0.05, 0) is 12.1 Å². The Hall–Kier alpha value is -2.88. The number of H-pyrrole nitrogens is 1. The van der Waals surface area contributed by atoms with Gasteiger partial charge in [0.1, 0.15) is 5.75 Å². The van der Waals surface area contributed by atoms with Gasteiger partial charge in [-0.1, -0.05) is 30.3 Å². The first kappa shape index (κ1) is 11.0. The summed E-state index contributed by atoms with van der Waals surface area (Å²) in [5.41, 5.74) is 4.12. The Morgan fingerprint density at radius 3 is 2.60 bits per heavy atom. The van der Waals surface area contributed by atoms with Crippen molar-refractivity contribution in [2.24, 2.45) is 0 Å². The van der Waals surface area contributed by atoms with Crippen molar-refractivity contribution < 1.29 is 5.11 Å². The van der Waals surface area contributed by atoms with Crippen LogP contribution < -0.4 is 0 Å². The number of hydrogen-bond acceptors (Lipinski definition) is 3. The van der Waals surface area contributed by atoms with E-state index in [9.17, 15) is 5.11 Å². The zero-order valence-electron chi connectivity index (χ0n) is 10.5. The van der Waals surface area contributed by atoms with Crippen LogP contribution in [-0.2, 0) is 0 Å². The molecule has 2 heterocycles. The number of rotatable bonds is 1.